The zero-order valence-electron chi connectivity index (χ0n) is 17.4. The molecule has 30 heavy (non-hydrogen) atoms. The molecule has 0 saturated heterocycles. The summed E-state index contributed by atoms with van der Waals surface area (Å²) in [5.41, 5.74) is 1.77. The molecule has 7 nitrogen and oxygen atoms in total. The van der Waals surface area contributed by atoms with Crippen molar-refractivity contribution in [3.05, 3.63) is 33.8 Å². The maximum absolute atomic E-state index is 11.2. The molecular weight excluding hydrogens is 456 g/mol. The highest BCUT2D eigenvalue weighted by atomic mass is 79.9. The summed E-state index contributed by atoms with van der Waals surface area (Å²) in [5.74, 6) is 3.74. The molecule has 0 spiro atoms. The van der Waals surface area contributed by atoms with Crippen LogP contribution in [0.15, 0.2) is 22.7 Å². The lowest BCUT2D eigenvalue weighted by Crippen LogP contribution is -2.19. The second-order valence-electron chi connectivity index (χ2n) is 7.56. The van der Waals surface area contributed by atoms with E-state index < -0.39 is 6.10 Å². The lowest BCUT2D eigenvalue weighted by atomic mass is 9.83. The molecule has 162 valence electrons. The summed E-state index contributed by atoms with van der Waals surface area (Å²) < 4.78 is 33.6. The summed E-state index contributed by atoms with van der Waals surface area (Å²) in [4.78, 5) is 0. The number of aliphatic hydroxyl groups excluding tert-OH is 1. The molecule has 0 aromatic heterocycles. The van der Waals surface area contributed by atoms with E-state index in [9.17, 15) is 5.11 Å². The van der Waals surface area contributed by atoms with Crippen LogP contribution in [0.3, 0.4) is 0 Å². The minimum atomic E-state index is -0.728. The minimum absolute atomic E-state index is 0.0530. The van der Waals surface area contributed by atoms with Crippen LogP contribution in [-0.4, -0.2) is 32.9 Å². The van der Waals surface area contributed by atoms with Crippen LogP contribution in [-0.2, 0) is 6.42 Å². The number of halogens is 1. The van der Waals surface area contributed by atoms with Gasteiger partial charge in [-0.3, -0.25) is 0 Å². The van der Waals surface area contributed by atoms with Gasteiger partial charge >= 0.3 is 0 Å². The summed E-state index contributed by atoms with van der Waals surface area (Å²) in [6.07, 6.45) is 0.0125. The van der Waals surface area contributed by atoms with E-state index >= 15 is 0 Å². The standard InChI is InChI=1S/C22H25BrO7/c1-11(5-13-6-15(25-3)20-16(7-13)27-9-29-20)12(2)19(24)14-8-17-21(30-10-28-17)22(26-4)18(14)23/h6-8,11-12,19,24H,5,9-10H2,1-4H3/t11-,12-,19-/m0/s1. The van der Waals surface area contributed by atoms with Gasteiger partial charge in [0.05, 0.1) is 24.8 Å². The second-order valence-corrected chi connectivity index (χ2v) is 8.36. The van der Waals surface area contributed by atoms with Crippen molar-refractivity contribution in [2.45, 2.75) is 26.4 Å². The Balaban J connectivity index is 1.56. The lowest BCUT2D eigenvalue weighted by molar-refractivity contribution is 0.0861. The van der Waals surface area contributed by atoms with Crippen molar-refractivity contribution in [3.63, 3.8) is 0 Å². The third-order valence-corrected chi connectivity index (χ3v) is 6.60. The molecule has 2 heterocycles. The summed E-state index contributed by atoms with van der Waals surface area (Å²) in [6.45, 7) is 4.47. The van der Waals surface area contributed by atoms with E-state index in [1.54, 1.807) is 14.2 Å². The quantitative estimate of drug-likeness (QED) is 0.626. The van der Waals surface area contributed by atoms with Crippen LogP contribution in [0, 0.1) is 11.8 Å². The van der Waals surface area contributed by atoms with Crippen molar-refractivity contribution in [2.75, 3.05) is 27.8 Å². The van der Waals surface area contributed by atoms with E-state index in [4.69, 9.17) is 28.4 Å². The maximum atomic E-state index is 11.2. The van der Waals surface area contributed by atoms with Gasteiger partial charge in [-0.15, -0.1) is 0 Å². The third kappa shape index (κ3) is 3.63. The van der Waals surface area contributed by atoms with Gasteiger partial charge in [0, 0.05) is 5.56 Å². The number of benzene rings is 2. The molecule has 3 atom stereocenters. The number of ether oxygens (including phenoxy) is 6. The maximum Gasteiger partial charge on any atom is 0.231 e. The molecule has 0 fully saturated rings. The fourth-order valence-electron chi connectivity index (χ4n) is 3.86. The highest BCUT2D eigenvalue weighted by Crippen LogP contribution is 2.50. The molecule has 2 aliphatic rings. The summed E-state index contributed by atoms with van der Waals surface area (Å²) in [7, 11) is 3.18. The predicted molar refractivity (Wildman–Crippen MR) is 113 cm³/mol. The number of aliphatic hydroxyl groups is 1. The Hall–Kier alpha value is -2.32. The van der Waals surface area contributed by atoms with Crippen LogP contribution in [0.1, 0.15) is 31.1 Å². The van der Waals surface area contributed by atoms with Crippen molar-refractivity contribution in [1.29, 1.82) is 0 Å². The Morgan fingerprint density at radius 1 is 0.967 bits per heavy atom. The van der Waals surface area contributed by atoms with Gasteiger partial charge in [-0.05, 0) is 57.9 Å². The van der Waals surface area contributed by atoms with Crippen molar-refractivity contribution >= 4 is 15.9 Å². The second kappa shape index (κ2) is 8.43. The van der Waals surface area contributed by atoms with E-state index in [0.717, 1.165) is 12.0 Å². The fraction of sp³-hybridized carbons (Fsp3) is 0.455. The first kappa shape index (κ1) is 20.9. The highest BCUT2D eigenvalue weighted by molar-refractivity contribution is 9.10. The van der Waals surface area contributed by atoms with Crippen LogP contribution in [0.5, 0.6) is 34.5 Å². The van der Waals surface area contributed by atoms with E-state index in [-0.39, 0.29) is 25.4 Å². The Kier molecular flexibility index (Phi) is 5.88. The molecule has 0 unspecified atom stereocenters. The van der Waals surface area contributed by atoms with Gasteiger partial charge in [0.1, 0.15) is 0 Å². The molecule has 1 N–H and O–H groups in total. The SMILES string of the molecule is COc1cc(C[C@H](C)[C@H](C)[C@H](O)c2cc3c(c(OC)c2Br)OCO3)cc2c1OCO2. The van der Waals surface area contributed by atoms with Gasteiger partial charge in [0.25, 0.3) is 0 Å². The summed E-state index contributed by atoms with van der Waals surface area (Å²) >= 11 is 3.57. The first-order valence-corrected chi connectivity index (χ1v) is 10.5. The average Bonchev–Trinajstić information content (AvgIpc) is 3.40. The average molecular weight is 481 g/mol. The third-order valence-electron chi connectivity index (χ3n) is 5.78. The zero-order chi connectivity index (χ0) is 21.4. The highest BCUT2D eigenvalue weighted by Gasteiger charge is 2.31. The van der Waals surface area contributed by atoms with E-state index in [1.165, 1.54) is 0 Å². The Bertz CT molecular complexity index is 946. The molecule has 4 rings (SSSR count). The van der Waals surface area contributed by atoms with Crippen LogP contribution in [0.4, 0.5) is 0 Å². The summed E-state index contributed by atoms with van der Waals surface area (Å²) in [5, 5.41) is 11.2. The van der Waals surface area contributed by atoms with Crippen molar-refractivity contribution < 1.29 is 33.5 Å². The molecule has 0 amide bonds. The van der Waals surface area contributed by atoms with E-state index in [2.05, 4.69) is 22.9 Å². The molecule has 2 aromatic rings. The normalized spacial score (nSPS) is 16.9. The lowest BCUT2D eigenvalue weighted by Gasteiger charge is -2.27. The van der Waals surface area contributed by atoms with Crippen LogP contribution in [0.2, 0.25) is 0 Å². The van der Waals surface area contributed by atoms with Gasteiger partial charge in [0.15, 0.2) is 23.0 Å². The van der Waals surface area contributed by atoms with Crippen LogP contribution < -0.4 is 28.4 Å². The van der Waals surface area contributed by atoms with Crippen molar-refractivity contribution in [2.24, 2.45) is 11.8 Å². The van der Waals surface area contributed by atoms with E-state index in [0.29, 0.717) is 44.5 Å². The largest absolute Gasteiger partial charge is 0.493 e. The Morgan fingerprint density at radius 3 is 2.30 bits per heavy atom. The minimum Gasteiger partial charge on any atom is -0.493 e. The molecule has 8 heteroatoms. The molecule has 0 radical (unpaired) electrons. The molecule has 2 aromatic carbocycles. The Morgan fingerprint density at radius 2 is 1.63 bits per heavy atom. The smallest absolute Gasteiger partial charge is 0.231 e. The van der Waals surface area contributed by atoms with Crippen LogP contribution in [0.25, 0.3) is 0 Å². The number of methoxy groups -OCH3 is 2. The first-order valence-electron chi connectivity index (χ1n) is 9.75. The van der Waals surface area contributed by atoms with Gasteiger partial charge in [-0.1, -0.05) is 13.8 Å². The topological polar surface area (TPSA) is 75.6 Å². The molecule has 0 aliphatic carbocycles. The molecule has 0 bridgehead atoms. The van der Waals surface area contributed by atoms with Gasteiger partial charge in [0.2, 0.25) is 25.1 Å². The predicted octanol–water partition coefficient (Wildman–Crippen LogP) is 4.47. The molecule has 2 aliphatic heterocycles. The molecular formula is C22H25BrO7. The summed E-state index contributed by atoms with van der Waals surface area (Å²) in [6, 6.07) is 5.75. The van der Waals surface area contributed by atoms with Crippen molar-refractivity contribution in [3.8, 4) is 34.5 Å². The number of hydrogen-bond acceptors (Lipinski definition) is 7. The Labute approximate surface area is 183 Å². The number of rotatable bonds is 7. The monoisotopic (exact) mass is 480 g/mol. The first-order chi connectivity index (χ1) is 14.4. The van der Waals surface area contributed by atoms with Gasteiger partial charge < -0.3 is 33.5 Å². The zero-order valence-corrected chi connectivity index (χ0v) is 18.9. The number of hydrogen-bond donors (Lipinski definition) is 1. The number of fused-ring (bicyclic) bond motifs is 2. The molecule has 0 saturated carbocycles. The fourth-order valence-corrected chi connectivity index (χ4v) is 4.55. The van der Waals surface area contributed by atoms with E-state index in [1.807, 2.05) is 25.1 Å². The van der Waals surface area contributed by atoms with Gasteiger partial charge in [-0.2, -0.15) is 0 Å². The van der Waals surface area contributed by atoms with Crippen LogP contribution >= 0.6 is 15.9 Å². The van der Waals surface area contributed by atoms with Gasteiger partial charge in [-0.25, -0.2) is 0 Å². The van der Waals surface area contributed by atoms with Crippen molar-refractivity contribution in [1.82, 2.24) is 0 Å².